The normalized spacial score (nSPS) is 13.7. The van der Waals surface area contributed by atoms with E-state index in [0.717, 1.165) is 30.4 Å². The topological polar surface area (TPSA) is 113 Å². The number of nitrogens with zero attached hydrogens (tertiary/aromatic N) is 1. The van der Waals surface area contributed by atoms with Gasteiger partial charge in [0.25, 0.3) is 0 Å². The predicted molar refractivity (Wildman–Crippen MR) is 166 cm³/mol. The number of hydrogen-bond donors (Lipinski definition) is 1. The number of esters is 1. The summed E-state index contributed by atoms with van der Waals surface area (Å²) in [5.41, 5.74) is 9.35. The van der Waals surface area contributed by atoms with Gasteiger partial charge in [-0.3, -0.25) is 0 Å². The number of allylic oxidation sites excluding steroid dienone is 1. The highest BCUT2D eigenvalue weighted by Crippen LogP contribution is 2.45. The predicted octanol–water partition coefficient (Wildman–Crippen LogP) is 7.28. The number of unbranched alkanes of at least 4 members (excludes halogenated alkanes) is 2. The summed E-state index contributed by atoms with van der Waals surface area (Å²) in [7, 11) is 1.57. The van der Waals surface area contributed by atoms with Crippen molar-refractivity contribution in [3.63, 3.8) is 0 Å². The van der Waals surface area contributed by atoms with Crippen molar-refractivity contribution in [3.05, 3.63) is 125 Å². The molecular weight excluding hydrogens is 556 g/mol. The molecule has 0 saturated heterocycles. The molecular formula is C36H34N2O6. The summed E-state index contributed by atoms with van der Waals surface area (Å²) in [6.07, 6.45) is 3.22. The standard InChI is InChI=1S/C36H34N2O6/c1-3-4-8-19-41-27-14-11-25(12-15-27)36(39)43-28-16-17-29-32(21-28)44-35(38)30(22-37)34(29)26-13-18-31(33(20-26)40-2)42-23-24-9-6-5-7-10-24/h5-7,9-18,20-21,34H,3-4,8,19,23,38H2,1-2H3. The van der Waals surface area contributed by atoms with Gasteiger partial charge < -0.3 is 29.4 Å². The summed E-state index contributed by atoms with van der Waals surface area (Å²) in [6.45, 7) is 3.16. The molecule has 4 aromatic rings. The smallest absolute Gasteiger partial charge is 0.343 e. The van der Waals surface area contributed by atoms with Gasteiger partial charge >= 0.3 is 5.97 Å². The van der Waals surface area contributed by atoms with E-state index in [0.29, 0.717) is 47.3 Å². The van der Waals surface area contributed by atoms with Crippen LogP contribution in [-0.4, -0.2) is 19.7 Å². The van der Waals surface area contributed by atoms with Crippen molar-refractivity contribution < 1.29 is 28.5 Å². The van der Waals surface area contributed by atoms with E-state index < -0.39 is 11.9 Å². The minimum atomic E-state index is -0.532. The lowest BCUT2D eigenvalue weighted by molar-refractivity contribution is 0.0734. The Labute approximate surface area is 257 Å². The molecule has 1 heterocycles. The Morgan fingerprint density at radius 2 is 1.68 bits per heavy atom. The Balaban J connectivity index is 1.34. The number of carbonyl (C=O) groups is 1. The lowest BCUT2D eigenvalue weighted by atomic mass is 9.83. The Bertz CT molecular complexity index is 1680. The molecule has 8 nitrogen and oxygen atoms in total. The third-order valence-electron chi connectivity index (χ3n) is 7.27. The van der Waals surface area contributed by atoms with Crippen LogP contribution >= 0.6 is 0 Å². The molecule has 2 N–H and O–H groups in total. The van der Waals surface area contributed by atoms with Gasteiger partial charge in [-0.2, -0.15) is 5.26 Å². The Morgan fingerprint density at radius 3 is 2.41 bits per heavy atom. The van der Waals surface area contributed by atoms with E-state index in [2.05, 4.69) is 13.0 Å². The average molecular weight is 591 g/mol. The zero-order valence-corrected chi connectivity index (χ0v) is 24.7. The van der Waals surface area contributed by atoms with Crippen LogP contribution in [0.2, 0.25) is 0 Å². The van der Waals surface area contributed by atoms with Crippen LogP contribution < -0.4 is 29.4 Å². The number of rotatable bonds is 12. The minimum absolute atomic E-state index is 0.0219. The quantitative estimate of drug-likeness (QED) is 0.104. The number of fused-ring (bicyclic) bond motifs is 1. The third kappa shape index (κ3) is 6.96. The van der Waals surface area contributed by atoms with Crippen molar-refractivity contribution in [3.8, 4) is 34.8 Å². The van der Waals surface area contributed by atoms with E-state index >= 15 is 0 Å². The summed E-state index contributed by atoms with van der Waals surface area (Å²) in [4.78, 5) is 12.9. The summed E-state index contributed by atoms with van der Waals surface area (Å²) in [6, 6.07) is 29.4. The van der Waals surface area contributed by atoms with Crippen LogP contribution in [0, 0.1) is 11.3 Å². The Hall–Kier alpha value is -5.42. The second kappa shape index (κ2) is 14.2. The zero-order valence-electron chi connectivity index (χ0n) is 24.7. The number of nitriles is 1. The second-order valence-corrected chi connectivity index (χ2v) is 10.3. The molecule has 0 aromatic heterocycles. The molecule has 0 aliphatic carbocycles. The molecule has 1 atom stereocenters. The van der Waals surface area contributed by atoms with E-state index in [4.69, 9.17) is 29.4 Å². The molecule has 0 bridgehead atoms. The van der Waals surface area contributed by atoms with Crippen LogP contribution in [0.25, 0.3) is 0 Å². The molecule has 224 valence electrons. The largest absolute Gasteiger partial charge is 0.494 e. The van der Waals surface area contributed by atoms with E-state index in [9.17, 15) is 10.1 Å². The fourth-order valence-corrected chi connectivity index (χ4v) is 4.96. The van der Waals surface area contributed by atoms with Gasteiger partial charge in [0.05, 0.1) is 25.2 Å². The molecule has 1 aliphatic heterocycles. The second-order valence-electron chi connectivity index (χ2n) is 10.3. The maximum Gasteiger partial charge on any atom is 0.343 e. The molecule has 44 heavy (non-hydrogen) atoms. The van der Waals surface area contributed by atoms with Gasteiger partial charge in [0.1, 0.15) is 35.5 Å². The lowest BCUT2D eigenvalue weighted by Gasteiger charge is -2.27. The van der Waals surface area contributed by atoms with Crippen LogP contribution in [-0.2, 0) is 6.61 Å². The monoisotopic (exact) mass is 590 g/mol. The zero-order chi connectivity index (χ0) is 30.9. The Morgan fingerprint density at radius 1 is 0.909 bits per heavy atom. The summed E-state index contributed by atoms with van der Waals surface area (Å²) < 4.78 is 28.9. The first kappa shape index (κ1) is 30.1. The van der Waals surface area contributed by atoms with Gasteiger partial charge in [-0.25, -0.2) is 4.79 Å². The minimum Gasteiger partial charge on any atom is -0.494 e. The molecule has 0 fully saturated rings. The van der Waals surface area contributed by atoms with Crippen LogP contribution in [0.5, 0.6) is 28.7 Å². The third-order valence-corrected chi connectivity index (χ3v) is 7.27. The molecule has 0 spiro atoms. The molecule has 1 unspecified atom stereocenters. The van der Waals surface area contributed by atoms with Crippen LogP contribution in [0.4, 0.5) is 0 Å². The Kier molecular flexibility index (Phi) is 9.68. The summed E-state index contributed by atoms with van der Waals surface area (Å²) in [5, 5.41) is 10.00. The first-order valence-corrected chi connectivity index (χ1v) is 14.5. The molecule has 0 amide bonds. The number of ether oxygens (including phenoxy) is 5. The van der Waals surface area contributed by atoms with Gasteiger partial charge in [-0.15, -0.1) is 0 Å². The first-order chi connectivity index (χ1) is 21.5. The first-order valence-electron chi connectivity index (χ1n) is 14.5. The van der Waals surface area contributed by atoms with Crippen LogP contribution in [0.15, 0.2) is 102 Å². The van der Waals surface area contributed by atoms with Gasteiger partial charge in [-0.05, 0) is 60.0 Å². The van der Waals surface area contributed by atoms with Crippen molar-refractivity contribution in [2.75, 3.05) is 13.7 Å². The summed E-state index contributed by atoms with van der Waals surface area (Å²) in [5.74, 6) is 1.38. The number of methoxy groups -OCH3 is 1. The van der Waals surface area contributed by atoms with Gasteiger partial charge in [0, 0.05) is 11.6 Å². The van der Waals surface area contributed by atoms with Crippen molar-refractivity contribution >= 4 is 5.97 Å². The van der Waals surface area contributed by atoms with Gasteiger partial charge in [0.2, 0.25) is 5.88 Å². The molecule has 5 rings (SSSR count). The van der Waals surface area contributed by atoms with Crippen molar-refractivity contribution in [2.24, 2.45) is 5.73 Å². The molecule has 4 aromatic carbocycles. The van der Waals surface area contributed by atoms with Crippen molar-refractivity contribution in [1.82, 2.24) is 0 Å². The van der Waals surface area contributed by atoms with Crippen LogP contribution in [0.1, 0.15) is 59.2 Å². The van der Waals surface area contributed by atoms with Crippen molar-refractivity contribution in [2.45, 2.75) is 38.7 Å². The fraction of sp³-hybridized carbons (Fsp3) is 0.222. The highest BCUT2D eigenvalue weighted by atomic mass is 16.5. The summed E-state index contributed by atoms with van der Waals surface area (Å²) >= 11 is 0. The van der Waals surface area contributed by atoms with Crippen LogP contribution in [0.3, 0.4) is 0 Å². The maximum absolute atomic E-state index is 12.9. The van der Waals surface area contributed by atoms with E-state index in [1.165, 1.54) is 0 Å². The number of nitrogens with two attached hydrogens (primary N) is 1. The highest BCUT2D eigenvalue weighted by molar-refractivity contribution is 5.91. The lowest BCUT2D eigenvalue weighted by Crippen LogP contribution is -2.21. The molecule has 1 aliphatic rings. The van der Waals surface area contributed by atoms with E-state index in [-0.39, 0.29) is 17.2 Å². The average Bonchev–Trinajstić information content (AvgIpc) is 3.05. The highest BCUT2D eigenvalue weighted by Gasteiger charge is 2.32. The van der Waals surface area contributed by atoms with Crippen molar-refractivity contribution in [1.29, 1.82) is 5.26 Å². The van der Waals surface area contributed by atoms with Gasteiger partial charge in [0.15, 0.2) is 11.5 Å². The van der Waals surface area contributed by atoms with E-state index in [1.807, 2.05) is 48.5 Å². The number of hydrogen-bond acceptors (Lipinski definition) is 8. The number of carbonyl (C=O) groups excluding carboxylic acids is 1. The SMILES string of the molecule is CCCCCOc1ccc(C(=O)Oc2ccc3c(c2)OC(N)=C(C#N)C3c2ccc(OCc3ccccc3)c(OC)c2)cc1. The van der Waals surface area contributed by atoms with Gasteiger partial charge in [-0.1, -0.05) is 62.2 Å². The molecule has 0 radical (unpaired) electrons. The number of benzene rings is 4. The molecule has 8 heteroatoms. The maximum atomic E-state index is 12.9. The fourth-order valence-electron chi connectivity index (χ4n) is 4.96. The van der Waals surface area contributed by atoms with E-state index in [1.54, 1.807) is 49.6 Å². The molecule has 0 saturated carbocycles.